The second-order valence-corrected chi connectivity index (χ2v) is 8.50. The number of amides is 1. The summed E-state index contributed by atoms with van der Waals surface area (Å²) in [5.41, 5.74) is 8.66. The fourth-order valence-electron chi connectivity index (χ4n) is 4.45. The molecule has 0 aliphatic heterocycles. The number of nitrogen functional groups attached to an aromatic ring is 1. The van der Waals surface area contributed by atoms with Gasteiger partial charge in [-0.2, -0.15) is 13.2 Å². The zero-order chi connectivity index (χ0) is 24.7. The molecule has 5 rings (SSSR count). The average molecular weight is 481 g/mol. The quantitative estimate of drug-likeness (QED) is 0.471. The molecule has 0 radical (unpaired) electrons. The molecule has 8 nitrogen and oxygen atoms in total. The Hall–Kier alpha value is -4.02. The molecular weight excluding hydrogens is 459 g/mol. The topological polar surface area (TPSA) is 103 Å². The summed E-state index contributed by atoms with van der Waals surface area (Å²) in [5, 5.41) is 0. The fourth-order valence-corrected chi connectivity index (χ4v) is 4.45. The summed E-state index contributed by atoms with van der Waals surface area (Å²) in [5.74, 6) is 0.0215. The largest absolute Gasteiger partial charge is 0.417 e. The van der Waals surface area contributed by atoms with Crippen molar-refractivity contribution in [3.05, 3.63) is 77.1 Å². The predicted molar refractivity (Wildman–Crippen MR) is 122 cm³/mol. The number of nitrogens with zero attached hydrogens (tertiary/aromatic N) is 6. The van der Waals surface area contributed by atoms with Crippen LogP contribution in [0.15, 0.2) is 48.9 Å². The Kier molecular flexibility index (Phi) is 5.62. The number of fused-ring (bicyclic) bond motifs is 2. The Bertz CT molecular complexity index is 1400. The molecule has 3 aromatic heterocycles. The summed E-state index contributed by atoms with van der Waals surface area (Å²) in [7, 11) is 1.78. The summed E-state index contributed by atoms with van der Waals surface area (Å²) >= 11 is 0. The number of halogens is 3. The predicted octanol–water partition coefficient (Wildman–Crippen LogP) is 4.08. The Morgan fingerprint density at radius 1 is 1.17 bits per heavy atom. The van der Waals surface area contributed by atoms with Crippen LogP contribution in [0.3, 0.4) is 0 Å². The number of benzene rings is 1. The Labute approximate surface area is 198 Å². The van der Waals surface area contributed by atoms with E-state index in [1.807, 2.05) is 0 Å². The van der Waals surface area contributed by atoms with Crippen LogP contribution < -0.4 is 5.73 Å². The van der Waals surface area contributed by atoms with Crippen LogP contribution >= 0.6 is 0 Å². The number of imidazole rings is 1. The van der Waals surface area contributed by atoms with Gasteiger partial charge in [0.1, 0.15) is 0 Å². The zero-order valence-corrected chi connectivity index (χ0v) is 18.8. The van der Waals surface area contributed by atoms with Crippen LogP contribution in [0, 0.1) is 0 Å². The molecule has 0 unspecified atom stereocenters. The van der Waals surface area contributed by atoms with Gasteiger partial charge in [-0.1, -0.05) is 0 Å². The number of pyridine rings is 1. The number of aryl methyl sites for hydroxylation is 2. The molecule has 0 bridgehead atoms. The summed E-state index contributed by atoms with van der Waals surface area (Å²) in [6.45, 7) is 0.0139. The summed E-state index contributed by atoms with van der Waals surface area (Å²) in [6.07, 6.45) is 1.70. The number of aromatic nitrogens is 5. The van der Waals surface area contributed by atoms with Gasteiger partial charge in [-0.25, -0.2) is 4.98 Å². The number of anilines is 1. The van der Waals surface area contributed by atoms with Gasteiger partial charge in [-0.05, 0) is 49.6 Å². The van der Waals surface area contributed by atoms with Crippen LogP contribution in [0.25, 0.3) is 11.0 Å². The van der Waals surface area contributed by atoms with E-state index in [-0.39, 0.29) is 12.5 Å². The molecule has 0 saturated heterocycles. The standard InChI is InChI=1S/C24H22F3N7O/c1-33-19-8-5-14(11-18(19)32-23(33)28)22(35)34(13-16-7-6-15(12-31-16)24(25,26)27)20-4-2-3-17-21(20)30-10-9-29-17/h5-12,20H,2-4,13H2,1H3,(H2,28,32)/t20-/m0/s1. The molecule has 0 spiro atoms. The van der Waals surface area contributed by atoms with Crippen molar-refractivity contribution in [2.75, 3.05) is 5.73 Å². The maximum atomic E-state index is 13.8. The number of hydrogen-bond acceptors (Lipinski definition) is 6. The highest BCUT2D eigenvalue weighted by atomic mass is 19.4. The second kappa shape index (κ2) is 8.64. The highest BCUT2D eigenvalue weighted by Gasteiger charge is 2.33. The van der Waals surface area contributed by atoms with E-state index in [0.717, 1.165) is 36.3 Å². The van der Waals surface area contributed by atoms with Gasteiger partial charge < -0.3 is 15.2 Å². The van der Waals surface area contributed by atoms with Crippen molar-refractivity contribution < 1.29 is 18.0 Å². The Morgan fingerprint density at radius 2 is 1.97 bits per heavy atom. The number of nitrogens with two attached hydrogens (primary N) is 1. The first kappa shape index (κ1) is 22.8. The van der Waals surface area contributed by atoms with Crippen LogP contribution in [0.1, 0.15) is 51.9 Å². The van der Waals surface area contributed by atoms with E-state index in [1.165, 1.54) is 6.07 Å². The van der Waals surface area contributed by atoms with Crippen molar-refractivity contribution in [2.24, 2.45) is 7.05 Å². The Morgan fingerprint density at radius 3 is 2.71 bits per heavy atom. The first-order chi connectivity index (χ1) is 16.7. The van der Waals surface area contributed by atoms with Gasteiger partial charge in [0, 0.05) is 31.2 Å². The third kappa shape index (κ3) is 4.29. The average Bonchev–Trinajstić information content (AvgIpc) is 3.14. The number of carbonyl (C=O) groups excluding carboxylic acids is 1. The fraction of sp³-hybridized carbons (Fsp3) is 0.292. The van der Waals surface area contributed by atoms with E-state index in [1.54, 1.807) is 47.1 Å². The number of alkyl halides is 3. The first-order valence-electron chi connectivity index (χ1n) is 11.1. The van der Waals surface area contributed by atoms with E-state index in [9.17, 15) is 18.0 Å². The molecule has 1 amide bonds. The van der Waals surface area contributed by atoms with Crippen LogP contribution in [0.4, 0.5) is 19.1 Å². The van der Waals surface area contributed by atoms with Crippen molar-refractivity contribution in [1.82, 2.24) is 29.4 Å². The van der Waals surface area contributed by atoms with E-state index >= 15 is 0 Å². The maximum Gasteiger partial charge on any atom is 0.417 e. The van der Waals surface area contributed by atoms with E-state index < -0.39 is 17.8 Å². The molecular formula is C24H22F3N7O. The molecule has 180 valence electrons. The molecule has 1 aliphatic carbocycles. The molecule has 35 heavy (non-hydrogen) atoms. The van der Waals surface area contributed by atoms with Gasteiger partial charge in [0.05, 0.1) is 46.3 Å². The third-order valence-corrected chi connectivity index (χ3v) is 6.30. The summed E-state index contributed by atoms with van der Waals surface area (Å²) in [6, 6.07) is 7.01. The van der Waals surface area contributed by atoms with Crippen LogP contribution in [-0.2, 0) is 26.2 Å². The lowest BCUT2D eigenvalue weighted by Crippen LogP contribution is -2.37. The molecule has 2 N–H and O–H groups in total. The van der Waals surface area contributed by atoms with E-state index in [0.29, 0.717) is 34.8 Å². The van der Waals surface area contributed by atoms with Gasteiger partial charge in [0.2, 0.25) is 5.95 Å². The van der Waals surface area contributed by atoms with Crippen molar-refractivity contribution >= 4 is 22.9 Å². The van der Waals surface area contributed by atoms with Crippen molar-refractivity contribution in [1.29, 1.82) is 0 Å². The maximum absolute atomic E-state index is 13.8. The lowest BCUT2D eigenvalue weighted by atomic mass is 9.93. The number of rotatable bonds is 4. The molecule has 11 heteroatoms. The molecule has 3 heterocycles. The molecule has 1 atom stereocenters. The molecule has 0 fully saturated rings. The minimum absolute atomic E-state index is 0.0139. The van der Waals surface area contributed by atoms with Crippen LogP contribution in [0.5, 0.6) is 0 Å². The lowest BCUT2D eigenvalue weighted by Gasteiger charge is -2.34. The summed E-state index contributed by atoms with van der Waals surface area (Å²) < 4.78 is 40.8. The molecule has 1 aliphatic rings. The third-order valence-electron chi connectivity index (χ3n) is 6.30. The smallest absolute Gasteiger partial charge is 0.369 e. The minimum atomic E-state index is -4.49. The SMILES string of the molecule is Cn1c(N)nc2cc(C(=O)N(Cc3ccc(C(F)(F)F)cn3)[C@H]3CCCc4nccnc43)ccc21. The van der Waals surface area contributed by atoms with Gasteiger partial charge in [0.25, 0.3) is 5.91 Å². The minimum Gasteiger partial charge on any atom is -0.369 e. The Balaban J connectivity index is 1.54. The van der Waals surface area contributed by atoms with Crippen molar-refractivity contribution in [2.45, 2.75) is 38.0 Å². The summed E-state index contributed by atoms with van der Waals surface area (Å²) in [4.78, 5) is 32.6. The molecule has 1 aromatic carbocycles. The molecule has 4 aromatic rings. The van der Waals surface area contributed by atoms with E-state index in [2.05, 4.69) is 19.9 Å². The van der Waals surface area contributed by atoms with Gasteiger partial charge in [0.15, 0.2) is 0 Å². The highest BCUT2D eigenvalue weighted by Crippen LogP contribution is 2.35. The van der Waals surface area contributed by atoms with E-state index in [4.69, 9.17) is 5.73 Å². The number of hydrogen-bond donors (Lipinski definition) is 1. The lowest BCUT2D eigenvalue weighted by molar-refractivity contribution is -0.137. The van der Waals surface area contributed by atoms with Crippen LogP contribution in [-0.4, -0.2) is 35.3 Å². The van der Waals surface area contributed by atoms with Crippen molar-refractivity contribution in [3.63, 3.8) is 0 Å². The highest BCUT2D eigenvalue weighted by molar-refractivity contribution is 5.98. The molecule has 0 saturated carbocycles. The first-order valence-corrected chi connectivity index (χ1v) is 11.1. The zero-order valence-electron chi connectivity index (χ0n) is 18.8. The van der Waals surface area contributed by atoms with Crippen molar-refractivity contribution in [3.8, 4) is 0 Å². The van der Waals surface area contributed by atoms with Gasteiger partial charge in [-0.15, -0.1) is 0 Å². The monoisotopic (exact) mass is 481 g/mol. The van der Waals surface area contributed by atoms with Gasteiger partial charge in [-0.3, -0.25) is 19.7 Å². The van der Waals surface area contributed by atoms with Crippen LogP contribution in [0.2, 0.25) is 0 Å². The second-order valence-electron chi connectivity index (χ2n) is 8.50. The normalized spacial score (nSPS) is 15.7. The van der Waals surface area contributed by atoms with Gasteiger partial charge >= 0.3 is 6.18 Å². The number of carbonyl (C=O) groups is 1.